The predicted octanol–water partition coefficient (Wildman–Crippen LogP) is 1.23. The van der Waals surface area contributed by atoms with E-state index in [0.717, 1.165) is 19.5 Å². The molecule has 2 rings (SSSR count). The number of ether oxygens (including phenoxy) is 1. The van der Waals surface area contributed by atoms with Crippen LogP contribution in [-0.2, 0) is 14.3 Å². The number of esters is 1. The van der Waals surface area contributed by atoms with Gasteiger partial charge in [-0.05, 0) is 18.2 Å². The van der Waals surface area contributed by atoms with E-state index < -0.39 is 5.97 Å². The molecule has 0 spiro atoms. The van der Waals surface area contributed by atoms with Gasteiger partial charge in [0.05, 0.1) is 23.4 Å². The van der Waals surface area contributed by atoms with E-state index >= 15 is 0 Å². The quantitative estimate of drug-likeness (QED) is 0.614. The number of halogens is 1. The van der Waals surface area contributed by atoms with Gasteiger partial charge in [0, 0.05) is 39.1 Å². The first-order valence-electron chi connectivity index (χ1n) is 7.63. The van der Waals surface area contributed by atoms with Crippen LogP contribution in [0.25, 0.3) is 0 Å². The molecule has 8 heteroatoms. The summed E-state index contributed by atoms with van der Waals surface area (Å²) in [4.78, 5) is 38.1. The Balaban J connectivity index is 1.86. The molecular formula is C16H20ClN3O4. The van der Waals surface area contributed by atoms with Crippen LogP contribution in [0.15, 0.2) is 18.2 Å². The maximum atomic E-state index is 12.1. The number of hydrogen-bond donors (Lipinski definition) is 1. The molecule has 1 N–H and O–H groups in total. The van der Waals surface area contributed by atoms with E-state index in [2.05, 4.69) is 15.0 Å². The van der Waals surface area contributed by atoms with Gasteiger partial charge < -0.3 is 15.0 Å². The summed E-state index contributed by atoms with van der Waals surface area (Å²) >= 11 is 6.05. The minimum Gasteiger partial charge on any atom is -0.465 e. The van der Waals surface area contributed by atoms with Crippen LogP contribution >= 0.6 is 11.6 Å². The summed E-state index contributed by atoms with van der Waals surface area (Å²) in [5.74, 6) is -0.674. The standard InChI is InChI=1S/C16H20ClN3O4/c1-24-16(23)12-2-3-13(17)14(10-12)18-15(22)4-5-19-6-8-20(11-21)9-7-19/h2-3,10-11H,4-9H2,1H3,(H,18,22). The van der Waals surface area contributed by atoms with Crippen molar-refractivity contribution in [3.8, 4) is 0 Å². The second-order valence-electron chi connectivity index (χ2n) is 5.47. The molecule has 2 amide bonds. The average molecular weight is 354 g/mol. The molecule has 1 aromatic carbocycles. The number of amides is 2. The van der Waals surface area contributed by atoms with Gasteiger partial charge in [0.15, 0.2) is 0 Å². The number of hydrogen-bond acceptors (Lipinski definition) is 5. The van der Waals surface area contributed by atoms with Gasteiger partial charge in [-0.1, -0.05) is 11.6 Å². The van der Waals surface area contributed by atoms with E-state index in [4.69, 9.17) is 11.6 Å². The zero-order chi connectivity index (χ0) is 17.5. The van der Waals surface area contributed by atoms with Crippen LogP contribution in [-0.4, -0.2) is 67.9 Å². The molecule has 1 fully saturated rings. The van der Waals surface area contributed by atoms with Crippen LogP contribution in [0.1, 0.15) is 16.8 Å². The normalized spacial score (nSPS) is 15.0. The zero-order valence-electron chi connectivity index (χ0n) is 13.5. The fourth-order valence-electron chi connectivity index (χ4n) is 2.43. The maximum Gasteiger partial charge on any atom is 0.337 e. The summed E-state index contributed by atoms with van der Waals surface area (Å²) in [6, 6.07) is 4.58. The van der Waals surface area contributed by atoms with Crippen molar-refractivity contribution in [2.45, 2.75) is 6.42 Å². The number of nitrogens with zero attached hydrogens (tertiary/aromatic N) is 2. The van der Waals surface area contributed by atoms with Crippen molar-refractivity contribution in [2.75, 3.05) is 45.2 Å². The minimum absolute atomic E-state index is 0.184. The number of anilines is 1. The number of nitrogens with one attached hydrogen (secondary N) is 1. The summed E-state index contributed by atoms with van der Waals surface area (Å²) in [6.07, 6.45) is 1.15. The van der Waals surface area contributed by atoms with Crippen LogP contribution in [0.4, 0.5) is 5.69 Å². The molecule has 0 radical (unpaired) electrons. The van der Waals surface area contributed by atoms with Gasteiger partial charge in [0.2, 0.25) is 12.3 Å². The summed E-state index contributed by atoms with van der Waals surface area (Å²) in [6.45, 7) is 3.47. The third kappa shape index (κ3) is 4.94. The summed E-state index contributed by atoms with van der Waals surface area (Å²) in [5, 5.41) is 3.07. The lowest BCUT2D eigenvalue weighted by molar-refractivity contribution is -0.120. The molecule has 0 atom stereocenters. The second-order valence-corrected chi connectivity index (χ2v) is 5.87. The van der Waals surface area contributed by atoms with Crippen molar-refractivity contribution < 1.29 is 19.1 Å². The van der Waals surface area contributed by atoms with Crippen molar-refractivity contribution in [1.82, 2.24) is 9.80 Å². The molecule has 1 aliphatic heterocycles. The number of carbonyl (C=O) groups excluding carboxylic acids is 3. The van der Waals surface area contributed by atoms with Crippen molar-refractivity contribution in [3.05, 3.63) is 28.8 Å². The lowest BCUT2D eigenvalue weighted by Crippen LogP contribution is -2.46. The van der Waals surface area contributed by atoms with Gasteiger partial charge in [-0.25, -0.2) is 4.79 Å². The van der Waals surface area contributed by atoms with Crippen LogP contribution in [0.2, 0.25) is 5.02 Å². The van der Waals surface area contributed by atoms with Crippen LogP contribution in [0.5, 0.6) is 0 Å². The van der Waals surface area contributed by atoms with E-state index in [0.29, 0.717) is 42.3 Å². The van der Waals surface area contributed by atoms with E-state index in [-0.39, 0.29) is 5.91 Å². The molecule has 24 heavy (non-hydrogen) atoms. The first-order valence-corrected chi connectivity index (χ1v) is 8.00. The Bertz CT molecular complexity index is 615. The zero-order valence-corrected chi connectivity index (χ0v) is 14.2. The molecule has 0 aromatic heterocycles. The highest BCUT2D eigenvalue weighted by Crippen LogP contribution is 2.23. The van der Waals surface area contributed by atoms with Crippen molar-refractivity contribution >= 4 is 35.6 Å². The summed E-state index contributed by atoms with van der Waals surface area (Å²) in [7, 11) is 1.29. The van der Waals surface area contributed by atoms with Crippen molar-refractivity contribution in [1.29, 1.82) is 0 Å². The highest BCUT2D eigenvalue weighted by molar-refractivity contribution is 6.33. The molecule has 0 aliphatic carbocycles. The Morgan fingerprint density at radius 3 is 2.62 bits per heavy atom. The Hall–Kier alpha value is -2.12. The minimum atomic E-state index is -0.491. The smallest absolute Gasteiger partial charge is 0.337 e. The highest BCUT2D eigenvalue weighted by Gasteiger charge is 2.17. The Labute approximate surface area is 145 Å². The number of benzene rings is 1. The molecule has 7 nitrogen and oxygen atoms in total. The molecule has 0 bridgehead atoms. The van der Waals surface area contributed by atoms with Gasteiger partial charge in [0.25, 0.3) is 0 Å². The average Bonchev–Trinajstić information content (AvgIpc) is 2.61. The first kappa shape index (κ1) is 18.2. The lowest BCUT2D eigenvalue weighted by Gasteiger charge is -2.32. The molecule has 1 aliphatic rings. The molecule has 1 heterocycles. The predicted molar refractivity (Wildman–Crippen MR) is 90.1 cm³/mol. The molecule has 0 saturated carbocycles. The third-order valence-electron chi connectivity index (χ3n) is 3.87. The van der Waals surface area contributed by atoms with Crippen LogP contribution < -0.4 is 5.32 Å². The Morgan fingerprint density at radius 1 is 1.29 bits per heavy atom. The molecule has 130 valence electrons. The SMILES string of the molecule is COC(=O)c1ccc(Cl)c(NC(=O)CCN2CCN(C=O)CC2)c1. The summed E-state index contributed by atoms with van der Waals surface area (Å²) in [5.41, 5.74) is 0.706. The van der Waals surface area contributed by atoms with E-state index in [1.807, 2.05) is 0 Å². The van der Waals surface area contributed by atoms with Crippen molar-refractivity contribution in [3.63, 3.8) is 0 Å². The molecular weight excluding hydrogens is 334 g/mol. The lowest BCUT2D eigenvalue weighted by atomic mass is 10.2. The molecule has 1 saturated heterocycles. The van der Waals surface area contributed by atoms with Gasteiger partial charge in [-0.2, -0.15) is 0 Å². The van der Waals surface area contributed by atoms with E-state index in [1.54, 1.807) is 11.0 Å². The Morgan fingerprint density at radius 2 is 2.00 bits per heavy atom. The number of methoxy groups -OCH3 is 1. The van der Waals surface area contributed by atoms with Gasteiger partial charge >= 0.3 is 5.97 Å². The maximum absolute atomic E-state index is 12.1. The topological polar surface area (TPSA) is 79.0 Å². The van der Waals surface area contributed by atoms with E-state index in [9.17, 15) is 14.4 Å². The third-order valence-corrected chi connectivity index (χ3v) is 4.20. The fraction of sp³-hybridized carbons (Fsp3) is 0.438. The molecule has 1 aromatic rings. The van der Waals surface area contributed by atoms with E-state index in [1.165, 1.54) is 19.2 Å². The molecule has 0 unspecified atom stereocenters. The van der Waals surface area contributed by atoms with Crippen molar-refractivity contribution in [2.24, 2.45) is 0 Å². The highest BCUT2D eigenvalue weighted by atomic mass is 35.5. The second kappa shape index (κ2) is 8.65. The van der Waals surface area contributed by atoms with Crippen LogP contribution in [0, 0.1) is 0 Å². The van der Waals surface area contributed by atoms with Gasteiger partial charge in [0.1, 0.15) is 0 Å². The number of piperazine rings is 1. The fourth-order valence-corrected chi connectivity index (χ4v) is 2.60. The monoisotopic (exact) mass is 353 g/mol. The number of carbonyl (C=O) groups is 3. The largest absolute Gasteiger partial charge is 0.465 e. The Kier molecular flexibility index (Phi) is 6.57. The number of rotatable bonds is 6. The van der Waals surface area contributed by atoms with Gasteiger partial charge in [-0.3, -0.25) is 14.5 Å². The first-order chi connectivity index (χ1) is 11.5. The summed E-state index contributed by atoms with van der Waals surface area (Å²) < 4.78 is 4.65. The van der Waals surface area contributed by atoms with Gasteiger partial charge in [-0.15, -0.1) is 0 Å². The van der Waals surface area contributed by atoms with Crippen LogP contribution in [0.3, 0.4) is 0 Å².